The van der Waals surface area contributed by atoms with E-state index in [4.69, 9.17) is 4.74 Å². The summed E-state index contributed by atoms with van der Waals surface area (Å²) in [5, 5.41) is 10.7. The fourth-order valence-corrected chi connectivity index (χ4v) is 4.37. The van der Waals surface area contributed by atoms with E-state index in [2.05, 4.69) is 20.3 Å². The lowest BCUT2D eigenvalue weighted by Crippen LogP contribution is -2.49. The van der Waals surface area contributed by atoms with Crippen LogP contribution in [-0.2, 0) is 4.74 Å². The average molecular weight is 343 g/mol. The van der Waals surface area contributed by atoms with E-state index >= 15 is 0 Å². The molecule has 1 N–H and O–H groups in total. The number of fused-ring (bicyclic) bond motifs is 1. The van der Waals surface area contributed by atoms with Crippen molar-refractivity contribution in [2.45, 2.75) is 43.9 Å². The van der Waals surface area contributed by atoms with Crippen LogP contribution in [0.25, 0.3) is 11.0 Å². The van der Waals surface area contributed by atoms with Crippen molar-refractivity contribution in [2.75, 3.05) is 27.2 Å². The van der Waals surface area contributed by atoms with E-state index in [0.717, 1.165) is 43.4 Å². The molecule has 0 spiro atoms. The molecule has 1 aromatic carbocycles. The molecule has 1 saturated heterocycles. The third kappa shape index (κ3) is 3.02. The van der Waals surface area contributed by atoms with Gasteiger partial charge in [0.1, 0.15) is 11.0 Å². The first-order valence-corrected chi connectivity index (χ1v) is 9.02. The molecule has 134 valence electrons. The number of ether oxygens (including phenoxy) is 1. The number of rotatable bonds is 4. The van der Waals surface area contributed by atoms with Gasteiger partial charge in [-0.3, -0.25) is 9.69 Å². The van der Waals surface area contributed by atoms with Crippen LogP contribution >= 0.6 is 0 Å². The molecule has 2 fully saturated rings. The number of aromatic amines is 1. The zero-order valence-electron chi connectivity index (χ0n) is 14.8. The second-order valence-corrected chi connectivity index (χ2v) is 7.15. The van der Waals surface area contributed by atoms with Gasteiger partial charge in [-0.05, 0) is 43.9 Å². The summed E-state index contributed by atoms with van der Waals surface area (Å²) in [6, 6.07) is 6.19. The molecular weight excluding hydrogens is 318 g/mol. The second kappa shape index (κ2) is 6.72. The Morgan fingerprint density at radius 3 is 2.92 bits per heavy atom. The Balaban J connectivity index is 1.50. The van der Waals surface area contributed by atoms with Gasteiger partial charge < -0.3 is 9.64 Å². The van der Waals surface area contributed by atoms with Crippen molar-refractivity contribution in [1.82, 2.24) is 25.2 Å². The lowest BCUT2D eigenvalue weighted by atomic mass is 10.1. The molecule has 0 bridgehead atoms. The number of likely N-dealkylation sites (N-methyl/N-ethyl adjacent to an activating group) is 1. The maximum Gasteiger partial charge on any atom is 0.253 e. The fourth-order valence-electron chi connectivity index (χ4n) is 4.37. The number of nitrogens with one attached hydrogen (secondary N) is 1. The van der Waals surface area contributed by atoms with Crippen molar-refractivity contribution < 1.29 is 9.53 Å². The second-order valence-electron chi connectivity index (χ2n) is 7.15. The molecule has 3 atom stereocenters. The number of benzene rings is 1. The van der Waals surface area contributed by atoms with Crippen LogP contribution in [0.2, 0.25) is 0 Å². The first-order chi connectivity index (χ1) is 12.2. The quantitative estimate of drug-likeness (QED) is 0.914. The van der Waals surface area contributed by atoms with Gasteiger partial charge in [-0.2, -0.15) is 15.4 Å². The van der Waals surface area contributed by atoms with Crippen LogP contribution in [0.4, 0.5) is 0 Å². The van der Waals surface area contributed by atoms with E-state index in [1.807, 2.05) is 30.1 Å². The predicted octanol–water partition coefficient (Wildman–Crippen LogP) is 1.67. The van der Waals surface area contributed by atoms with Crippen molar-refractivity contribution in [3.63, 3.8) is 0 Å². The number of carbonyl (C=O) groups is 1. The standard InChI is InChI=1S/C18H25N5O2/c1-22(18(24)12-6-7-14-15(10-12)20-21-19-14)16-4-3-5-17(16)23-9-8-13(11-23)25-2/h6-7,10,13,16-17H,3-5,8-9,11H2,1-2H3,(H,19,20,21)/t13?,16-,17+/m1/s1. The summed E-state index contributed by atoms with van der Waals surface area (Å²) < 4.78 is 5.51. The number of carbonyl (C=O) groups excluding carboxylic acids is 1. The Labute approximate surface area is 147 Å². The molecule has 25 heavy (non-hydrogen) atoms. The highest BCUT2D eigenvalue weighted by molar-refractivity contribution is 5.97. The van der Waals surface area contributed by atoms with E-state index in [0.29, 0.717) is 17.7 Å². The number of amides is 1. The molecule has 2 heterocycles. The number of methoxy groups -OCH3 is 1. The van der Waals surface area contributed by atoms with Crippen molar-refractivity contribution in [2.24, 2.45) is 0 Å². The van der Waals surface area contributed by atoms with Crippen LogP contribution in [0, 0.1) is 0 Å². The summed E-state index contributed by atoms with van der Waals surface area (Å²) in [6.45, 7) is 2.04. The summed E-state index contributed by atoms with van der Waals surface area (Å²) in [4.78, 5) is 17.4. The minimum absolute atomic E-state index is 0.0595. The van der Waals surface area contributed by atoms with E-state index in [1.165, 1.54) is 6.42 Å². The van der Waals surface area contributed by atoms with Gasteiger partial charge in [0, 0.05) is 44.9 Å². The van der Waals surface area contributed by atoms with E-state index in [9.17, 15) is 4.79 Å². The Hall–Kier alpha value is -1.99. The molecule has 1 unspecified atom stereocenters. The topological polar surface area (TPSA) is 74.3 Å². The van der Waals surface area contributed by atoms with Crippen LogP contribution < -0.4 is 0 Å². The summed E-state index contributed by atoms with van der Waals surface area (Å²) in [5.74, 6) is 0.0595. The maximum absolute atomic E-state index is 13.0. The Morgan fingerprint density at radius 1 is 1.28 bits per heavy atom. The summed E-state index contributed by atoms with van der Waals surface area (Å²) in [6.07, 6.45) is 4.80. The lowest BCUT2D eigenvalue weighted by molar-refractivity contribution is 0.0605. The van der Waals surface area contributed by atoms with E-state index in [1.54, 1.807) is 7.11 Å². The Bertz CT molecular complexity index is 761. The highest BCUT2D eigenvalue weighted by atomic mass is 16.5. The molecule has 2 aliphatic rings. The number of hydrogen-bond acceptors (Lipinski definition) is 5. The van der Waals surface area contributed by atoms with Crippen molar-refractivity contribution >= 4 is 16.9 Å². The van der Waals surface area contributed by atoms with Gasteiger partial charge in [0.25, 0.3) is 5.91 Å². The molecule has 1 aliphatic heterocycles. The average Bonchev–Trinajstić information content (AvgIpc) is 3.38. The van der Waals surface area contributed by atoms with Gasteiger partial charge in [-0.1, -0.05) is 0 Å². The normalized spacial score (nSPS) is 27.2. The maximum atomic E-state index is 13.0. The SMILES string of the molecule is COC1CCN([C@H]2CCC[C@H]2N(C)C(=O)c2ccc3n[nH]nc3c2)C1. The van der Waals surface area contributed by atoms with Crippen LogP contribution in [-0.4, -0.2) is 76.6 Å². The zero-order chi connectivity index (χ0) is 17.4. The monoisotopic (exact) mass is 343 g/mol. The summed E-state index contributed by atoms with van der Waals surface area (Å²) >= 11 is 0. The van der Waals surface area contributed by atoms with E-state index in [-0.39, 0.29) is 11.9 Å². The van der Waals surface area contributed by atoms with Gasteiger partial charge in [0.05, 0.1) is 6.10 Å². The lowest BCUT2D eigenvalue weighted by Gasteiger charge is -2.35. The smallest absolute Gasteiger partial charge is 0.253 e. The van der Waals surface area contributed by atoms with Gasteiger partial charge in [0.15, 0.2) is 0 Å². The van der Waals surface area contributed by atoms with Crippen molar-refractivity contribution in [3.05, 3.63) is 23.8 Å². The summed E-state index contributed by atoms with van der Waals surface area (Å²) in [5.41, 5.74) is 2.18. The highest BCUT2D eigenvalue weighted by Crippen LogP contribution is 2.31. The largest absolute Gasteiger partial charge is 0.380 e. The van der Waals surface area contributed by atoms with Crippen LogP contribution in [0.1, 0.15) is 36.0 Å². The third-order valence-electron chi connectivity index (χ3n) is 5.80. The molecule has 1 aromatic heterocycles. The fraction of sp³-hybridized carbons (Fsp3) is 0.611. The molecule has 0 radical (unpaired) electrons. The van der Waals surface area contributed by atoms with Gasteiger partial charge in [-0.15, -0.1) is 0 Å². The van der Waals surface area contributed by atoms with Crippen LogP contribution in [0.3, 0.4) is 0 Å². The van der Waals surface area contributed by atoms with Crippen LogP contribution in [0.5, 0.6) is 0 Å². The molecule has 1 amide bonds. The first-order valence-electron chi connectivity index (χ1n) is 9.02. The summed E-state index contributed by atoms with van der Waals surface area (Å²) in [7, 11) is 3.72. The molecule has 2 aromatic rings. The minimum Gasteiger partial charge on any atom is -0.380 e. The minimum atomic E-state index is 0.0595. The first kappa shape index (κ1) is 16.5. The van der Waals surface area contributed by atoms with Crippen molar-refractivity contribution in [3.8, 4) is 0 Å². The zero-order valence-corrected chi connectivity index (χ0v) is 14.8. The third-order valence-corrected chi connectivity index (χ3v) is 5.80. The van der Waals surface area contributed by atoms with Gasteiger partial charge in [0.2, 0.25) is 0 Å². The molecule has 7 nitrogen and oxygen atoms in total. The predicted molar refractivity (Wildman–Crippen MR) is 94.4 cm³/mol. The number of hydrogen-bond donors (Lipinski definition) is 1. The highest BCUT2D eigenvalue weighted by Gasteiger charge is 2.39. The molecule has 4 rings (SSSR count). The number of likely N-dealkylation sites (tertiary alicyclic amines) is 1. The molecule has 7 heteroatoms. The molecular formula is C18H25N5O2. The van der Waals surface area contributed by atoms with Gasteiger partial charge in [-0.25, -0.2) is 0 Å². The number of nitrogens with zero attached hydrogens (tertiary/aromatic N) is 4. The number of aromatic nitrogens is 3. The van der Waals surface area contributed by atoms with Crippen molar-refractivity contribution in [1.29, 1.82) is 0 Å². The molecule has 1 aliphatic carbocycles. The van der Waals surface area contributed by atoms with Gasteiger partial charge >= 0.3 is 0 Å². The van der Waals surface area contributed by atoms with Crippen LogP contribution in [0.15, 0.2) is 18.2 Å². The Morgan fingerprint density at radius 2 is 2.12 bits per heavy atom. The molecule has 1 saturated carbocycles. The van der Waals surface area contributed by atoms with E-state index < -0.39 is 0 Å². The Kier molecular flexibility index (Phi) is 4.43. The number of H-pyrrole nitrogens is 1.